The van der Waals surface area contributed by atoms with Crippen LogP contribution in [-0.4, -0.2) is 15.5 Å². The van der Waals surface area contributed by atoms with Gasteiger partial charge in [0, 0.05) is 6.20 Å². The zero-order chi connectivity index (χ0) is 10.7. The van der Waals surface area contributed by atoms with Gasteiger partial charge in [0.1, 0.15) is 0 Å². The van der Waals surface area contributed by atoms with Gasteiger partial charge < -0.3 is 5.53 Å². The molecule has 0 saturated carbocycles. The third-order valence-corrected chi connectivity index (χ3v) is 2.35. The minimum absolute atomic E-state index is 0.675. The van der Waals surface area contributed by atoms with Gasteiger partial charge in [-0.3, -0.25) is 4.98 Å². The van der Waals surface area contributed by atoms with Crippen molar-refractivity contribution in [1.29, 1.82) is 0 Å². The van der Waals surface area contributed by atoms with Crippen LogP contribution in [0.3, 0.4) is 0 Å². The quantitative estimate of drug-likeness (QED) is 0.504. The van der Waals surface area contributed by atoms with Crippen molar-refractivity contribution in [3.05, 3.63) is 53.3 Å². The summed E-state index contributed by atoms with van der Waals surface area (Å²) < 4.78 is 0. The normalized spacial score (nSPS) is 15.4. The van der Waals surface area contributed by atoms with E-state index >= 15 is 0 Å². The first-order valence-corrected chi connectivity index (χ1v) is 4.81. The number of hydrogen-bond donors (Lipinski definition) is 0. The standard InChI is InChI=1S/C12H11N3/c1-9-5-6-10(12(8-9)15-13)11-4-2-3-7-14-11/h2-7H,8H2,1H3. The summed E-state index contributed by atoms with van der Waals surface area (Å²) in [6.07, 6.45) is 6.38. The van der Waals surface area contributed by atoms with Crippen LogP contribution in [0.5, 0.6) is 0 Å². The van der Waals surface area contributed by atoms with Gasteiger partial charge in [0.05, 0.1) is 17.7 Å². The molecule has 1 aliphatic carbocycles. The van der Waals surface area contributed by atoms with Crippen LogP contribution in [-0.2, 0) is 0 Å². The highest BCUT2D eigenvalue weighted by molar-refractivity contribution is 6.22. The van der Waals surface area contributed by atoms with E-state index in [0.717, 1.165) is 11.3 Å². The molecule has 1 aliphatic rings. The lowest BCUT2D eigenvalue weighted by Gasteiger charge is -2.06. The van der Waals surface area contributed by atoms with Gasteiger partial charge in [-0.05, 0) is 25.1 Å². The van der Waals surface area contributed by atoms with E-state index < -0.39 is 0 Å². The van der Waals surface area contributed by atoms with Crippen LogP contribution in [0.4, 0.5) is 0 Å². The zero-order valence-electron chi connectivity index (χ0n) is 8.51. The van der Waals surface area contributed by atoms with Crippen LogP contribution in [0.15, 0.2) is 42.1 Å². The first-order chi connectivity index (χ1) is 7.31. The van der Waals surface area contributed by atoms with Gasteiger partial charge in [-0.25, -0.2) is 0 Å². The Balaban J connectivity index is 2.49. The Morgan fingerprint density at radius 2 is 2.20 bits per heavy atom. The maximum Gasteiger partial charge on any atom is 0.305 e. The second-order valence-electron chi connectivity index (χ2n) is 3.53. The Morgan fingerprint density at radius 1 is 1.33 bits per heavy atom. The first kappa shape index (κ1) is 9.56. The number of nitrogens with zero attached hydrogens (tertiary/aromatic N) is 3. The number of rotatable bonds is 1. The van der Waals surface area contributed by atoms with E-state index in [0.29, 0.717) is 12.1 Å². The number of pyridine rings is 1. The molecule has 0 aliphatic heterocycles. The van der Waals surface area contributed by atoms with E-state index in [4.69, 9.17) is 5.53 Å². The summed E-state index contributed by atoms with van der Waals surface area (Å²) in [5, 5.41) is 0. The predicted molar refractivity (Wildman–Crippen MR) is 59.2 cm³/mol. The molecule has 1 heterocycles. The van der Waals surface area contributed by atoms with E-state index in [1.54, 1.807) is 6.20 Å². The highest BCUT2D eigenvalue weighted by Gasteiger charge is 2.21. The SMILES string of the molecule is CC1=CC=C(c2ccccn2)C(=[N+]=[N-])C1. The Morgan fingerprint density at radius 3 is 2.87 bits per heavy atom. The smallest absolute Gasteiger partial charge is 0.305 e. The van der Waals surface area contributed by atoms with Crippen LogP contribution in [0.25, 0.3) is 11.1 Å². The average Bonchev–Trinajstić information content (AvgIpc) is 2.30. The van der Waals surface area contributed by atoms with E-state index in [9.17, 15) is 0 Å². The lowest BCUT2D eigenvalue weighted by Crippen LogP contribution is -2.08. The third-order valence-electron chi connectivity index (χ3n) is 2.35. The van der Waals surface area contributed by atoms with Crippen molar-refractivity contribution in [3.8, 4) is 0 Å². The van der Waals surface area contributed by atoms with Crippen molar-refractivity contribution in [3.63, 3.8) is 0 Å². The van der Waals surface area contributed by atoms with Crippen LogP contribution < -0.4 is 0 Å². The van der Waals surface area contributed by atoms with Gasteiger partial charge in [0.2, 0.25) is 0 Å². The molecule has 3 heteroatoms. The van der Waals surface area contributed by atoms with E-state index in [2.05, 4.69) is 9.77 Å². The molecule has 1 aromatic rings. The maximum absolute atomic E-state index is 8.93. The summed E-state index contributed by atoms with van der Waals surface area (Å²) in [6.45, 7) is 2.01. The molecule has 0 bridgehead atoms. The van der Waals surface area contributed by atoms with Crippen LogP contribution in [0, 0.1) is 0 Å². The summed E-state index contributed by atoms with van der Waals surface area (Å²) in [5.41, 5.74) is 12.5. The summed E-state index contributed by atoms with van der Waals surface area (Å²) in [5.74, 6) is 0. The highest BCUT2D eigenvalue weighted by Crippen LogP contribution is 2.21. The zero-order valence-corrected chi connectivity index (χ0v) is 8.51. The van der Waals surface area contributed by atoms with E-state index in [1.165, 1.54) is 5.57 Å². The van der Waals surface area contributed by atoms with Crippen molar-refractivity contribution in [2.75, 3.05) is 0 Å². The second kappa shape index (κ2) is 4.03. The summed E-state index contributed by atoms with van der Waals surface area (Å²) in [6, 6.07) is 5.69. The van der Waals surface area contributed by atoms with Crippen molar-refractivity contribution in [2.24, 2.45) is 0 Å². The topological polar surface area (TPSA) is 49.3 Å². The van der Waals surface area contributed by atoms with Gasteiger partial charge in [0.15, 0.2) is 0 Å². The summed E-state index contributed by atoms with van der Waals surface area (Å²) in [4.78, 5) is 7.56. The predicted octanol–water partition coefficient (Wildman–Crippen LogP) is 2.49. The Bertz CT molecular complexity index is 477. The van der Waals surface area contributed by atoms with Crippen molar-refractivity contribution < 1.29 is 4.79 Å². The monoisotopic (exact) mass is 197 g/mol. The fraction of sp³-hybridized carbons (Fsp3) is 0.167. The van der Waals surface area contributed by atoms with Crippen LogP contribution >= 0.6 is 0 Å². The molecule has 0 radical (unpaired) electrons. The van der Waals surface area contributed by atoms with E-state index in [1.807, 2.05) is 37.3 Å². The molecular weight excluding hydrogens is 186 g/mol. The summed E-state index contributed by atoms with van der Waals surface area (Å²) in [7, 11) is 0. The molecule has 0 aromatic carbocycles. The number of allylic oxidation sites excluding steroid dienone is 4. The molecule has 3 nitrogen and oxygen atoms in total. The third kappa shape index (κ3) is 1.92. The minimum atomic E-state index is 0.675. The second-order valence-corrected chi connectivity index (χ2v) is 3.53. The van der Waals surface area contributed by atoms with Gasteiger partial charge in [-0.15, -0.1) is 0 Å². The molecule has 15 heavy (non-hydrogen) atoms. The number of hydrogen-bond acceptors (Lipinski definition) is 1. The molecule has 0 N–H and O–H groups in total. The molecule has 0 atom stereocenters. The van der Waals surface area contributed by atoms with Crippen LogP contribution in [0.2, 0.25) is 0 Å². The van der Waals surface area contributed by atoms with Gasteiger partial charge in [-0.1, -0.05) is 17.7 Å². The lowest BCUT2D eigenvalue weighted by molar-refractivity contribution is -0.00469. The van der Waals surface area contributed by atoms with Gasteiger partial charge in [0.25, 0.3) is 0 Å². The number of aromatic nitrogens is 1. The fourth-order valence-electron chi connectivity index (χ4n) is 1.58. The molecule has 0 amide bonds. The molecule has 0 spiro atoms. The molecule has 2 rings (SSSR count). The Labute approximate surface area is 88.4 Å². The van der Waals surface area contributed by atoms with Crippen molar-refractivity contribution in [1.82, 2.24) is 4.98 Å². The fourth-order valence-corrected chi connectivity index (χ4v) is 1.58. The Kier molecular flexibility index (Phi) is 2.57. The Hall–Kier alpha value is -1.99. The average molecular weight is 197 g/mol. The maximum atomic E-state index is 8.93. The van der Waals surface area contributed by atoms with Crippen molar-refractivity contribution >= 4 is 11.3 Å². The van der Waals surface area contributed by atoms with Gasteiger partial charge in [-0.2, -0.15) is 4.79 Å². The van der Waals surface area contributed by atoms with Gasteiger partial charge >= 0.3 is 5.71 Å². The molecule has 74 valence electrons. The van der Waals surface area contributed by atoms with Crippen molar-refractivity contribution in [2.45, 2.75) is 13.3 Å². The van der Waals surface area contributed by atoms with Crippen LogP contribution in [0.1, 0.15) is 19.0 Å². The van der Waals surface area contributed by atoms with E-state index in [-0.39, 0.29) is 0 Å². The molecular formula is C12H11N3. The highest BCUT2D eigenvalue weighted by atomic mass is 14.9. The molecule has 0 fully saturated rings. The molecule has 0 unspecified atom stereocenters. The lowest BCUT2D eigenvalue weighted by atomic mass is 9.95. The first-order valence-electron chi connectivity index (χ1n) is 4.81. The molecule has 0 saturated heterocycles. The minimum Gasteiger partial charge on any atom is -0.361 e. The summed E-state index contributed by atoms with van der Waals surface area (Å²) >= 11 is 0. The largest absolute Gasteiger partial charge is 0.361 e. The molecule has 1 aromatic heterocycles.